The topological polar surface area (TPSA) is 64.7 Å². The first-order valence-electron chi connectivity index (χ1n) is 7.52. The zero-order valence-corrected chi connectivity index (χ0v) is 14.8. The van der Waals surface area contributed by atoms with E-state index >= 15 is 0 Å². The summed E-state index contributed by atoms with van der Waals surface area (Å²) in [6.45, 7) is 0. The summed E-state index contributed by atoms with van der Waals surface area (Å²) in [6, 6.07) is 4.45. The van der Waals surface area contributed by atoms with Crippen LogP contribution in [-0.4, -0.2) is 25.9 Å². The average molecular weight is 401 g/mol. The first kappa shape index (κ1) is 18.7. The van der Waals surface area contributed by atoms with E-state index in [-0.39, 0.29) is 5.02 Å². The quantitative estimate of drug-likeness (QED) is 0.432. The van der Waals surface area contributed by atoms with Gasteiger partial charge in [0, 0.05) is 36.3 Å². The molecule has 0 amide bonds. The van der Waals surface area contributed by atoms with E-state index in [1.54, 1.807) is 24.5 Å². The van der Waals surface area contributed by atoms with Gasteiger partial charge >= 0.3 is 6.18 Å². The van der Waals surface area contributed by atoms with Gasteiger partial charge in [0.05, 0.1) is 10.6 Å². The number of halogens is 4. The Hall–Kier alpha value is -2.13. The standard InChI is InChI=1S/C16H12ClF3N4OS/c17-12-8-11(16(18,19)20)9-22-15(12)26-7-1-2-13-23-14(24-25-13)10-3-5-21-6-4-10/h3-6,8-9H,1-2,7H2. The van der Waals surface area contributed by atoms with Crippen LogP contribution in [0.5, 0.6) is 0 Å². The van der Waals surface area contributed by atoms with Crippen molar-refractivity contribution in [2.45, 2.75) is 24.0 Å². The maximum atomic E-state index is 12.6. The lowest BCUT2D eigenvalue weighted by molar-refractivity contribution is -0.137. The molecule has 3 heterocycles. The number of pyridine rings is 2. The summed E-state index contributed by atoms with van der Waals surface area (Å²) < 4.78 is 42.9. The van der Waals surface area contributed by atoms with Crippen LogP contribution in [-0.2, 0) is 12.6 Å². The van der Waals surface area contributed by atoms with Crippen LogP contribution in [0.2, 0.25) is 5.02 Å². The second-order valence-corrected chi connectivity index (χ2v) is 6.70. The molecule has 0 bridgehead atoms. The van der Waals surface area contributed by atoms with Crippen LogP contribution in [0.15, 0.2) is 46.3 Å². The fraction of sp³-hybridized carbons (Fsp3) is 0.250. The van der Waals surface area contributed by atoms with E-state index in [2.05, 4.69) is 20.1 Å². The molecule has 0 atom stereocenters. The van der Waals surface area contributed by atoms with Crippen LogP contribution in [0.4, 0.5) is 13.2 Å². The number of hydrogen-bond acceptors (Lipinski definition) is 6. The fourth-order valence-corrected chi connectivity index (χ4v) is 3.19. The molecular weight excluding hydrogens is 389 g/mol. The zero-order valence-electron chi connectivity index (χ0n) is 13.2. The third-order valence-electron chi connectivity index (χ3n) is 3.32. The molecule has 0 saturated carbocycles. The van der Waals surface area contributed by atoms with Gasteiger partial charge in [-0.1, -0.05) is 16.8 Å². The van der Waals surface area contributed by atoms with Crippen LogP contribution in [0, 0.1) is 0 Å². The average Bonchev–Trinajstić information content (AvgIpc) is 3.08. The second-order valence-electron chi connectivity index (χ2n) is 5.21. The lowest BCUT2D eigenvalue weighted by Crippen LogP contribution is -2.05. The number of aryl methyl sites for hydroxylation is 1. The second kappa shape index (κ2) is 8.05. The Morgan fingerprint density at radius 2 is 1.96 bits per heavy atom. The summed E-state index contributed by atoms with van der Waals surface area (Å²) in [5.74, 6) is 1.58. The number of alkyl halides is 3. The molecule has 0 saturated heterocycles. The van der Waals surface area contributed by atoms with Gasteiger partial charge in [-0.15, -0.1) is 11.8 Å². The van der Waals surface area contributed by atoms with Gasteiger partial charge in [0.1, 0.15) is 5.03 Å². The van der Waals surface area contributed by atoms with Crippen LogP contribution in [0.3, 0.4) is 0 Å². The zero-order chi connectivity index (χ0) is 18.6. The van der Waals surface area contributed by atoms with Crippen molar-refractivity contribution in [1.29, 1.82) is 0 Å². The van der Waals surface area contributed by atoms with E-state index in [1.165, 1.54) is 11.8 Å². The molecule has 5 nitrogen and oxygen atoms in total. The third-order valence-corrected chi connectivity index (χ3v) is 4.81. The van der Waals surface area contributed by atoms with E-state index in [4.69, 9.17) is 16.1 Å². The Bertz CT molecular complexity index is 873. The maximum absolute atomic E-state index is 12.6. The number of rotatable bonds is 6. The van der Waals surface area contributed by atoms with Crippen molar-refractivity contribution in [2.24, 2.45) is 0 Å². The summed E-state index contributed by atoms with van der Waals surface area (Å²) in [5.41, 5.74) is -0.0496. The van der Waals surface area contributed by atoms with Gasteiger partial charge in [0.2, 0.25) is 11.7 Å². The molecule has 0 N–H and O–H groups in total. The van der Waals surface area contributed by atoms with Gasteiger partial charge < -0.3 is 4.52 Å². The molecule has 0 spiro atoms. The Kier molecular flexibility index (Phi) is 5.77. The molecule has 0 aliphatic carbocycles. The van der Waals surface area contributed by atoms with Crippen molar-refractivity contribution in [2.75, 3.05) is 5.75 Å². The summed E-state index contributed by atoms with van der Waals surface area (Å²) in [6.07, 6.45) is 0.841. The molecule has 0 aliphatic rings. The van der Waals surface area contributed by atoms with Gasteiger partial charge in [-0.05, 0) is 24.6 Å². The van der Waals surface area contributed by atoms with Crippen molar-refractivity contribution in [3.05, 3.63) is 53.3 Å². The Labute approximate surface area is 156 Å². The molecule has 10 heteroatoms. The van der Waals surface area contributed by atoms with Crippen molar-refractivity contribution in [3.63, 3.8) is 0 Å². The Morgan fingerprint density at radius 3 is 2.65 bits per heavy atom. The SMILES string of the molecule is FC(F)(F)c1cnc(SCCCc2nc(-c3ccncc3)no2)c(Cl)c1. The van der Waals surface area contributed by atoms with Crippen LogP contribution >= 0.6 is 23.4 Å². The van der Waals surface area contributed by atoms with E-state index in [1.807, 2.05) is 0 Å². The van der Waals surface area contributed by atoms with Crippen molar-refractivity contribution >= 4 is 23.4 Å². The van der Waals surface area contributed by atoms with Gasteiger partial charge in [-0.3, -0.25) is 4.98 Å². The molecule has 0 aromatic carbocycles. The smallest absolute Gasteiger partial charge is 0.339 e. The minimum absolute atomic E-state index is 0.0115. The van der Waals surface area contributed by atoms with Gasteiger partial charge in [0.15, 0.2) is 0 Å². The van der Waals surface area contributed by atoms with Crippen LogP contribution < -0.4 is 0 Å². The molecule has 0 aliphatic heterocycles. The molecule has 3 rings (SSSR count). The molecule has 3 aromatic heterocycles. The minimum atomic E-state index is -4.45. The molecular formula is C16H12ClF3N4OS. The van der Waals surface area contributed by atoms with Crippen LogP contribution in [0.1, 0.15) is 17.9 Å². The highest BCUT2D eigenvalue weighted by molar-refractivity contribution is 7.99. The number of hydrogen-bond donors (Lipinski definition) is 0. The number of aromatic nitrogens is 4. The van der Waals surface area contributed by atoms with Crippen molar-refractivity contribution in [3.8, 4) is 11.4 Å². The van der Waals surface area contributed by atoms with Crippen LogP contribution in [0.25, 0.3) is 11.4 Å². The monoisotopic (exact) mass is 400 g/mol. The molecule has 0 radical (unpaired) electrons. The summed E-state index contributed by atoms with van der Waals surface area (Å²) in [4.78, 5) is 12.0. The molecule has 0 unspecified atom stereocenters. The van der Waals surface area contributed by atoms with Crippen molar-refractivity contribution in [1.82, 2.24) is 20.1 Å². The largest absolute Gasteiger partial charge is 0.417 e. The van der Waals surface area contributed by atoms with Gasteiger partial charge in [-0.2, -0.15) is 18.2 Å². The van der Waals surface area contributed by atoms with Gasteiger partial charge in [0.25, 0.3) is 0 Å². The summed E-state index contributed by atoms with van der Waals surface area (Å²) in [7, 11) is 0. The summed E-state index contributed by atoms with van der Waals surface area (Å²) >= 11 is 7.15. The lowest BCUT2D eigenvalue weighted by atomic mass is 10.2. The normalized spacial score (nSPS) is 11.7. The van der Waals surface area contributed by atoms with Gasteiger partial charge in [-0.25, -0.2) is 4.98 Å². The first-order chi connectivity index (χ1) is 12.4. The minimum Gasteiger partial charge on any atom is -0.339 e. The number of nitrogens with zero attached hydrogens (tertiary/aromatic N) is 4. The molecule has 26 heavy (non-hydrogen) atoms. The molecule has 0 fully saturated rings. The predicted octanol–water partition coefficient (Wildman–Crippen LogP) is 4.92. The fourth-order valence-electron chi connectivity index (χ4n) is 2.05. The highest BCUT2D eigenvalue weighted by Gasteiger charge is 2.31. The van der Waals surface area contributed by atoms with E-state index in [0.717, 1.165) is 17.8 Å². The molecule has 136 valence electrons. The Morgan fingerprint density at radius 1 is 1.19 bits per heavy atom. The predicted molar refractivity (Wildman–Crippen MR) is 90.8 cm³/mol. The number of thioether (sulfide) groups is 1. The van der Waals surface area contributed by atoms with E-state index in [0.29, 0.717) is 35.3 Å². The first-order valence-corrected chi connectivity index (χ1v) is 8.88. The van der Waals surface area contributed by atoms with E-state index in [9.17, 15) is 13.2 Å². The molecule has 3 aromatic rings. The van der Waals surface area contributed by atoms with Crippen molar-refractivity contribution < 1.29 is 17.7 Å². The lowest BCUT2D eigenvalue weighted by Gasteiger charge is -2.08. The summed E-state index contributed by atoms with van der Waals surface area (Å²) in [5, 5.41) is 4.26. The Balaban J connectivity index is 1.51. The highest BCUT2D eigenvalue weighted by atomic mass is 35.5. The van der Waals surface area contributed by atoms with E-state index < -0.39 is 11.7 Å². The maximum Gasteiger partial charge on any atom is 0.417 e. The highest BCUT2D eigenvalue weighted by Crippen LogP contribution is 2.33. The third kappa shape index (κ3) is 4.73.